The Kier molecular flexibility index (Phi) is 13.4. The van der Waals surface area contributed by atoms with Crippen LogP contribution in [0.5, 0.6) is 0 Å². The second-order valence-corrected chi connectivity index (χ2v) is 9.69. The van der Waals surface area contributed by atoms with E-state index in [4.69, 9.17) is 0 Å². The van der Waals surface area contributed by atoms with Crippen molar-refractivity contribution in [3.05, 3.63) is 53.1 Å². The van der Waals surface area contributed by atoms with Gasteiger partial charge in [0, 0.05) is 0 Å². The Morgan fingerprint density at radius 1 is 0.889 bits per heavy atom. The van der Waals surface area contributed by atoms with E-state index in [0.29, 0.717) is 5.41 Å². The molecule has 0 radical (unpaired) electrons. The highest BCUT2D eigenvalue weighted by Gasteiger charge is 2.22. The molecule has 0 heteroatoms. The predicted octanol–water partition coefficient (Wildman–Crippen LogP) is 9.33. The molecule has 0 fully saturated rings. The largest absolute Gasteiger partial charge is 0.0999 e. The lowest BCUT2D eigenvalue weighted by molar-refractivity contribution is 0.246. The molecular weight excluding hydrogens is 324 g/mol. The number of rotatable bonds is 5. The van der Waals surface area contributed by atoms with Crippen LogP contribution in [0.25, 0.3) is 5.57 Å². The van der Waals surface area contributed by atoms with Crippen LogP contribution in [-0.4, -0.2) is 0 Å². The zero-order chi connectivity index (χ0) is 21.9. The van der Waals surface area contributed by atoms with Crippen molar-refractivity contribution in [1.29, 1.82) is 0 Å². The molecule has 0 nitrogen and oxygen atoms in total. The predicted molar refractivity (Wildman–Crippen MR) is 129 cm³/mol. The van der Waals surface area contributed by atoms with Crippen LogP contribution in [0.4, 0.5) is 0 Å². The summed E-state index contributed by atoms with van der Waals surface area (Å²) in [6.07, 6.45) is 2.29. The minimum absolute atomic E-state index is 0.424. The van der Waals surface area contributed by atoms with Gasteiger partial charge in [-0.1, -0.05) is 91.8 Å². The van der Waals surface area contributed by atoms with Crippen molar-refractivity contribution in [2.45, 2.75) is 95.9 Å². The highest BCUT2D eigenvalue weighted by molar-refractivity contribution is 5.65. The van der Waals surface area contributed by atoms with Gasteiger partial charge in [-0.15, -0.1) is 0 Å². The van der Waals surface area contributed by atoms with E-state index in [1.807, 2.05) is 0 Å². The molecule has 0 heterocycles. The maximum Gasteiger partial charge on any atom is -0.0201 e. The van der Waals surface area contributed by atoms with Crippen molar-refractivity contribution in [3.63, 3.8) is 0 Å². The first-order valence-corrected chi connectivity index (χ1v) is 10.6. The molecule has 0 saturated carbocycles. The summed E-state index contributed by atoms with van der Waals surface area (Å²) in [6.45, 7) is 34.3. The van der Waals surface area contributed by atoms with Crippen LogP contribution < -0.4 is 0 Å². The van der Waals surface area contributed by atoms with Gasteiger partial charge in [0.1, 0.15) is 0 Å². The average molecular weight is 373 g/mol. The van der Waals surface area contributed by atoms with Gasteiger partial charge in [-0.05, 0) is 80.0 Å². The van der Waals surface area contributed by atoms with Crippen molar-refractivity contribution < 1.29 is 0 Å². The van der Waals surface area contributed by atoms with Gasteiger partial charge in [0.2, 0.25) is 0 Å². The highest BCUT2D eigenvalue weighted by Crippen LogP contribution is 2.33. The Balaban J connectivity index is 0. The van der Waals surface area contributed by atoms with E-state index < -0.39 is 0 Å². The molecule has 1 aromatic rings. The van der Waals surface area contributed by atoms with Crippen LogP contribution in [0.3, 0.4) is 0 Å². The molecule has 0 spiro atoms. The van der Waals surface area contributed by atoms with Gasteiger partial charge in [-0.2, -0.15) is 0 Å². The first-order valence-electron chi connectivity index (χ1n) is 10.6. The average Bonchev–Trinajstić information content (AvgIpc) is 2.50. The molecule has 0 aromatic heterocycles. The third-order valence-electron chi connectivity index (χ3n) is 5.07. The minimum Gasteiger partial charge on any atom is -0.0999 e. The van der Waals surface area contributed by atoms with Gasteiger partial charge in [0.25, 0.3) is 0 Å². The molecule has 0 aliphatic carbocycles. The van der Waals surface area contributed by atoms with E-state index in [1.165, 1.54) is 34.2 Å². The maximum absolute atomic E-state index is 4.04. The highest BCUT2D eigenvalue weighted by atomic mass is 14.3. The summed E-state index contributed by atoms with van der Waals surface area (Å²) >= 11 is 0. The molecule has 1 aromatic carbocycles. The first kappa shape index (κ1) is 27.9. The fourth-order valence-electron chi connectivity index (χ4n) is 2.39. The molecule has 0 unspecified atom stereocenters. The monoisotopic (exact) mass is 372 g/mol. The SMILES string of the molecule is C=C(C)c1cc(C)c(C)cc1C.C=C(CC)CC(C)(C)C(C)C.CC(C)C. The third kappa shape index (κ3) is 12.7. The molecule has 0 atom stereocenters. The summed E-state index contributed by atoms with van der Waals surface area (Å²) in [5, 5.41) is 0. The lowest BCUT2D eigenvalue weighted by Crippen LogP contribution is -2.19. The first-order chi connectivity index (χ1) is 12.1. The van der Waals surface area contributed by atoms with E-state index in [2.05, 4.69) is 108 Å². The summed E-state index contributed by atoms with van der Waals surface area (Å²) in [5.41, 5.74) is 8.27. The Morgan fingerprint density at radius 2 is 1.30 bits per heavy atom. The Labute approximate surface area is 172 Å². The van der Waals surface area contributed by atoms with Crippen LogP contribution in [0.2, 0.25) is 0 Å². The fraction of sp³-hybridized carbons (Fsp3) is 0.630. The summed E-state index contributed by atoms with van der Waals surface area (Å²) in [7, 11) is 0. The smallest absolute Gasteiger partial charge is 0.0201 e. The molecule has 0 saturated heterocycles. The molecule has 0 bridgehead atoms. The molecule has 0 amide bonds. The maximum atomic E-state index is 4.04. The van der Waals surface area contributed by atoms with Crippen molar-refractivity contribution >= 4 is 5.57 Å². The van der Waals surface area contributed by atoms with Crippen LogP contribution in [0.1, 0.15) is 97.4 Å². The zero-order valence-corrected chi connectivity index (χ0v) is 20.6. The van der Waals surface area contributed by atoms with E-state index >= 15 is 0 Å². The second-order valence-electron chi connectivity index (χ2n) is 9.69. The van der Waals surface area contributed by atoms with Gasteiger partial charge >= 0.3 is 0 Å². The standard InChI is InChI=1S/C12H16.C11H22.C4H10/c1-8(2)12-7-10(4)9(3)6-11(12)5;1-7-10(4)8-11(5,6)9(2)3;1-4(2)3/h6-7H,1H2,2-5H3;9H,4,7-8H2,1-3,5-6H3;4H,1-3H3. The van der Waals surface area contributed by atoms with Gasteiger partial charge in [0.05, 0.1) is 0 Å². The van der Waals surface area contributed by atoms with Gasteiger partial charge in [-0.25, -0.2) is 0 Å². The Morgan fingerprint density at radius 3 is 1.63 bits per heavy atom. The van der Waals surface area contributed by atoms with Crippen LogP contribution in [-0.2, 0) is 0 Å². The van der Waals surface area contributed by atoms with Gasteiger partial charge in [-0.3, -0.25) is 0 Å². The van der Waals surface area contributed by atoms with Crippen molar-refractivity contribution in [3.8, 4) is 0 Å². The molecule has 1 rings (SSSR count). The lowest BCUT2D eigenvalue weighted by Gasteiger charge is -2.29. The molecule has 0 aliphatic heterocycles. The van der Waals surface area contributed by atoms with Crippen molar-refractivity contribution in [2.75, 3.05) is 0 Å². The summed E-state index contributed by atoms with van der Waals surface area (Å²) in [4.78, 5) is 0. The quantitative estimate of drug-likeness (QED) is 0.451. The second kappa shape index (κ2) is 13.0. The molecule has 0 N–H and O–H groups in total. The van der Waals surface area contributed by atoms with E-state index in [-0.39, 0.29) is 0 Å². The molecule has 156 valence electrons. The topological polar surface area (TPSA) is 0 Å². The summed E-state index contributed by atoms with van der Waals surface area (Å²) < 4.78 is 0. The van der Waals surface area contributed by atoms with Gasteiger partial charge in [0.15, 0.2) is 0 Å². The number of benzene rings is 1. The number of hydrogen-bond donors (Lipinski definition) is 0. The normalized spacial score (nSPS) is 10.7. The van der Waals surface area contributed by atoms with E-state index in [9.17, 15) is 0 Å². The third-order valence-corrected chi connectivity index (χ3v) is 5.07. The minimum atomic E-state index is 0.424. The lowest BCUT2D eigenvalue weighted by atomic mass is 9.76. The number of allylic oxidation sites excluding steroid dienone is 2. The fourth-order valence-corrected chi connectivity index (χ4v) is 2.39. The Bertz CT molecular complexity index is 580. The molecule has 27 heavy (non-hydrogen) atoms. The summed E-state index contributed by atoms with van der Waals surface area (Å²) in [6, 6.07) is 4.44. The van der Waals surface area contributed by atoms with Crippen LogP contribution in [0.15, 0.2) is 30.9 Å². The van der Waals surface area contributed by atoms with Crippen LogP contribution in [0, 0.1) is 38.0 Å². The van der Waals surface area contributed by atoms with Gasteiger partial charge < -0.3 is 0 Å². The molecule has 0 aliphatic rings. The number of hydrogen-bond acceptors (Lipinski definition) is 0. The number of aryl methyl sites for hydroxylation is 3. The van der Waals surface area contributed by atoms with Crippen molar-refractivity contribution in [2.24, 2.45) is 17.3 Å². The Hall–Kier alpha value is -1.30. The zero-order valence-electron chi connectivity index (χ0n) is 20.6. The molecular formula is C27H48. The van der Waals surface area contributed by atoms with Crippen LogP contribution >= 0.6 is 0 Å². The summed E-state index contributed by atoms with van der Waals surface area (Å²) in [5.74, 6) is 1.57. The van der Waals surface area contributed by atoms with E-state index in [1.54, 1.807) is 0 Å². The van der Waals surface area contributed by atoms with E-state index in [0.717, 1.165) is 23.8 Å². The van der Waals surface area contributed by atoms with Crippen molar-refractivity contribution in [1.82, 2.24) is 0 Å².